The molecule has 0 radical (unpaired) electrons. The number of nitrogens with one attached hydrogen (secondary N) is 1. The highest BCUT2D eigenvalue weighted by Crippen LogP contribution is 2.16. The number of H-pyrrole nitrogens is 1. The van der Waals surface area contributed by atoms with E-state index < -0.39 is 0 Å². The predicted octanol–water partition coefficient (Wildman–Crippen LogP) is 2.22. The Kier molecular flexibility index (Phi) is 1.89. The molecule has 1 heterocycles. The summed E-state index contributed by atoms with van der Waals surface area (Å²) in [6, 6.07) is 8.15. The van der Waals surface area contributed by atoms with Crippen molar-refractivity contribution in [3.8, 4) is 0 Å². The van der Waals surface area contributed by atoms with E-state index in [9.17, 15) is 4.79 Å². The fraction of sp³-hybridized carbons (Fsp3) is 0.182. The number of aromatic amines is 1. The zero-order chi connectivity index (χ0) is 9.26. The van der Waals surface area contributed by atoms with Gasteiger partial charge in [0.1, 0.15) is 6.29 Å². The van der Waals surface area contributed by atoms with E-state index in [1.54, 1.807) is 0 Å². The molecule has 1 aromatic carbocycles. The molecule has 0 aliphatic heterocycles. The number of hydrogen-bond acceptors (Lipinski definition) is 1. The van der Waals surface area contributed by atoms with E-state index >= 15 is 0 Å². The third-order valence-electron chi connectivity index (χ3n) is 2.14. The molecule has 0 saturated heterocycles. The Hall–Kier alpha value is -1.57. The van der Waals surface area contributed by atoms with Gasteiger partial charge in [-0.25, -0.2) is 0 Å². The summed E-state index contributed by atoms with van der Waals surface area (Å²) >= 11 is 0. The Morgan fingerprint density at radius 2 is 2.23 bits per heavy atom. The zero-order valence-electron chi connectivity index (χ0n) is 7.50. The standard InChI is InChI=1S/C11H11NO/c1-8-6-10-3-2-9(4-5-13)7-11(10)12-8/h2-3,5-7,12H,4H2,1H3. The average Bonchev–Trinajstić information content (AvgIpc) is 2.44. The van der Waals surface area contributed by atoms with E-state index in [1.165, 1.54) is 5.39 Å². The van der Waals surface area contributed by atoms with Crippen LogP contribution >= 0.6 is 0 Å². The fourth-order valence-corrected chi connectivity index (χ4v) is 1.54. The molecule has 0 amide bonds. The van der Waals surface area contributed by atoms with Crippen LogP contribution in [0.4, 0.5) is 0 Å². The first-order valence-corrected chi connectivity index (χ1v) is 4.31. The van der Waals surface area contributed by atoms with Crippen LogP contribution in [0.3, 0.4) is 0 Å². The molecule has 0 saturated carbocycles. The lowest BCUT2D eigenvalue weighted by Crippen LogP contribution is -1.84. The summed E-state index contributed by atoms with van der Waals surface area (Å²) in [4.78, 5) is 13.5. The summed E-state index contributed by atoms with van der Waals surface area (Å²) in [7, 11) is 0. The van der Waals surface area contributed by atoms with Gasteiger partial charge in [0, 0.05) is 17.6 Å². The number of benzene rings is 1. The topological polar surface area (TPSA) is 32.9 Å². The molecule has 2 heteroatoms. The second-order valence-corrected chi connectivity index (χ2v) is 3.24. The number of carbonyl (C=O) groups is 1. The number of carbonyl (C=O) groups excluding carboxylic acids is 1. The van der Waals surface area contributed by atoms with Crippen LogP contribution in [-0.2, 0) is 11.2 Å². The Bertz CT molecular complexity index is 442. The van der Waals surface area contributed by atoms with Crippen LogP contribution in [0.1, 0.15) is 11.3 Å². The molecule has 0 spiro atoms. The largest absolute Gasteiger partial charge is 0.359 e. The third kappa shape index (κ3) is 1.47. The molecule has 0 unspecified atom stereocenters. The Balaban J connectivity index is 2.54. The molecule has 2 rings (SSSR count). The molecule has 0 bridgehead atoms. The molecule has 2 aromatic rings. The van der Waals surface area contributed by atoms with Gasteiger partial charge < -0.3 is 9.78 Å². The number of hydrogen-bond donors (Lipinski definition) is 1. The minimum absolute atomic E-state index is 0.494. The first-order chi connectivity index (χ1) is 6.29. The molecule has 0 fully saturated rings. The summed E-state index contributed by atoms with van der Waals surface area (Å²) in [5.41, 5.74) is 3.32. The lowest BCUT2D eigenvalue weighted by Gasteiger charge is -1.94. The SMILES string of the molecule is Cc1cc2ccc(CC=O)cc2[nH]1. The van der Waals surface area contributed by atoms with Gasteiger partial charge in [-0.3, -0.25) is 0 Å². The highest BCUT2D eigenvalue weighted by Gasteiger charge is 1.98. The van der Waals surface area contributed by atoms with Crippen molar-refractivity contribution in [2.75, 3.05) is 0 Å². The van der Waals surface area contributed by atoms with Crippen molar-refractivity contribution in [3.63, 3.8) is 0 Å². The van der Waals surface area contributed by atoms with Crippen molar-refractivity contribution < 1.29 is 4.79 Å². The minimum atomic E-state index is 0.494. The maximum Gasteiger partial charge on any atom is 0.124 e. The van der Waals surface area contributed by atoms with Crippen LogP contribution in [-0.4, -0.2) is 11.3 Å². The second-order valence-electron chi connectivity index (χ2n) is 3.24. The number of aromatic nitrogens is 1. The molecular formula is C11H11NO. The van der Waals surface area contributed by atoms with Gasteiger partial charge in [-0.1, -0.05) is 12.1 Å². The summed E-state index contributed by atoms with van der Waals surface area (Å²) in [5, 5.41) is 1.20. The zero-order valence-corrected chi connectivity index (χ0v) is 7.50. The van der Waals surface area contributed by atoms with Crippen LogP contribution in [0, 0.1) is 6.92 Å². The van der Waals surface area contributed by atoms with Gasteiger partial charge in [-0.05, 0) is 30.0 Å². The van der Waals surface area contributed by atoms with E-state index in [4.69, 9.17) is 0 Å². The van der Waals surface area contributed by atoms with Crippen LogP contribution in [0.15, 0.2) is 24.3 Å². The Morgan fingerprint density at radius 3 is 3.00 bits per heavy atom. The monoisotopic (exact) mass is 173 g/mol. The highest BCUT2D eigenvalue weighted by atomic mass is 16.1. The molecule has 0 aliphatic carbocycles. The Labute approximate surface area is 76.6 Å². The molecule has 13 heavy (non-hydrogen) atoms. The number of fused-ring (bicyclic) bond motifs is 1. The quantitative estimate of drug-likeness (QED) is 0.694. The van der Waals surface area contributed by atoms with Crippen molar-refractivity contribution in [1.29, 1.82) is 0 Å². The number of rotatable bonds is 2. The van der Waals surface area contributed by atoms with E-state index in [0.29, 0.717) is 6.42 Å². The smallest absolute Gasteiger partial charge is 0.124 e. The molecule has 0 atom stereocenters. The van der Waals surface area contributed by atoms with Gasteiger partial charge in [-0.2, -0.15) is 0 Å². The van der Waals surface area contributed by atoms with Crippen LogP contribution in [0.2, 0.25) is 0 Å². The molecular weight excluding hydrogens is 162 g/mol. The summed E-state index contributed by atoms with van der Waals surface area (Å²) in [6.07, 6.45) is 1.42. The lowest BCUT2D eigenvalue weighted by atomic mass is 10.1. The van der Waals surface area contributed by atoms with Crippen LogP contribution in [0.5, 0.6) is 0 Å². The van der Waals surface area contributed by atoms with E-state index in [-0.39, 0.29) is 0 Å². The second kappa shape index (κ2) is 3.05. The normalized spacial score (nSPS) is 10.5. The first kappa shape index (κ1) is 8.05. The van der Waals surface area contributed by atoms with Crippen molar-refractivity contribution in [3.05, 3.63) is 35.5 Å². The summed E-state index contributed by atoms with van der Waals surface area (Å²) in [5.74, 6) is 0. The maximum atomic E-state index is 10.3. The molecule has 66 valence electrons. The fourth-order valence-electron chi connectivity index (χ4n) is 1.54. The third-order valence-corrected chi connectivity index (χ3v) is 2.14. The van der Waals surface area contributed by atoms with Gasteiger partial charge in [0.05, 0.1) is 0 Å². The molecule has 1 aromatic heterocycles. The predicted molar refractivity (Wildman–Crippen MR) is 52.8 cm³/mol. The minimum Gasteiger partial charge on any atom is -0.359 e. The molecule has 0 aliphatic rings. The molecule has 2 nitrogen and oxygen atoms in total. The van der Waals surface area contributed by atoms with Crippen LogP contribution in [0.25, 0.3) is 10.9 Å². The van der Waals surface area contributed by atoms with Gasteiger partial charge in [0.15, 0.2) is 0 Å². The van der Waals surface area contributed by atoms with E-state index in [1.807, 2.05) is 25.1 Å². The van der Waals surface area contributed by atoms with Crippen molar-refractivity contribution in [1.82, 2.24) is 4.98 Å². The van der Waals surface area contributed by atoms with Gasteiger partial charge >= 0.3 is 0 Å². The Morgan fingerprint density at radius 1 is 1.38 bits per heavy atom. The first-order valence-electron chi connectivity index (χ1n) is 4.31. The maximum absolute atomic E-state index is 10.3. The van der Waals surface area contributed by atoms with Gasteiger partial charge in [-0.15, -0.1) is 0 Å². The van der Waals surface area contributed by atoms with Gasteiger partial charge in [0.25, 0.3) is 0 Å². The van der Waals surface area contributed by atoms with Gasteiger partial charge in [0.2, 0.25) is 0 Å². The summed E-state index contributed by atoms with van der Waals surface area (Å²) in [6.45, 7) is 2.03. The number of aryl methyl sites for hydroxylation is 1. The average molecular weight is 173 g/mol. The van der Waals surface area contributed by atoms with Crippen molar-refractivity contribution in [2.45, 2.75) is 13.3 Å². The highest BCUT2D eigenvalue weighted by molar-refractivity contribution is 5.81. The van der Waals surface area contributed by atoms with E-state index in [0.717, 1.165) is 23.1 Å². The van der Waals surface area contributed by atoms with Crippen molar-refractivity contribution in [2.24, 2.45) is 0 Å². The molecule has 1 N–H and O–H groups in total. The van der Waals surface area contributed by atoms with Crippen molar-refractivity contribution >= 4 is 17.2 Å². The lowest BCUT2D eigenvalue weighted by molar-refractivity contribution is -0.107. The summed E-state index contributed by atoms with van der Waals surface area (Å²) < 4.78 is 0. The number of aldehydes is 1. The van der Waals surface area contributed by atoms with E-state index in [2.05, 4.69) is 11.1 Å². The van der Waals surface area contributed by atoms with Crippen LogP contribution < -0.4 is 0 Å².